The van der Waals surface area contributed by atoms with Crippen LogP contribution >= 0.6 is 0 Å². The largest absolute Gasteiger partial charge is 0.507 e. The standard InChI is InChI=1S/C17H17FN2O3/c1-3-19-16(22)11-7-8-13(10(2)9-11)20-17(23)15-12(18)5-4-6-14(15)21/h4-9,21H,3H2,1-2H3,(H,19,22)(H,20,23). The number of hydrogen-bond donors (Lipinski definition) is 3. The number of hydrogen-bond acceptors (Lipinski definition) is 3. The summed E-state index contributed by atoms with van der Waals surface area (Å²) in [7, 11) is 0. The summed E-state index contributed by atoms with van der Waals surface area (Å²) in [5, 5.41) is 14.8. The molecule has 3 N–H and O–H groups in total. The molecule has 0 aromatic heterocycles. The highest BCUT2D eigenvalue weighted by molar-refractivity contribution is 6.07. The maximum Gasteiger partial charge on any atom is 0.262 e. The molecule has 2 rings (SSSR count). The Morgan fingerprint density at radius 3 is 2.52 bits per heavy atom. The summed E-state index contributed by atoms with van der Waals surface area (Å²) in [4.78, 5) is 23.9. The van der Waals surface area contributed by atoms with Crippen molar-refractivity contribution in [2.75, 3.05) is 11.9 Å². The van der Waals surface area contributed by atoms with Gasteiger partial charge in [0, 0.05) is 17.8 Å². The number of benzene rings is 2. The molecule has 0 bridgehead atoms. The summed E-state index contributed by atoms with van der Waals surface area (Å²) >= 11 is 0. The van der Waals surface area contributed by atoms with E-state index in [0.29, 0.717) is 23.4 Å². The van der Waals surface area contributed by atoms with Gasteiger partial charge in [-0.1, -0.05) is 6.07 Å². The van der Waals surface area contributed by atoms with E-state index in [1.807, 2.05) is 6.92 Å². The molecule has 0 heterocycles. The van der Waals surface area contributed by atoms with Gasteiger partial charge in [0.25, 0.3) is 11.8 Å². The average Bonchev–Trinajstić information content (AvgIpc) is 2.49. The third-order valence-corrected chi connectivity index (χ3v) is 3.29. The van der Waals surface area contributed by atoms with Crippen LogP contribution < -0.4 is 10.6 Å². The molecule has 23 heavy (non-hydrogen) atoms. The number of amides is 2. The third-order valence-electron chi connectivity index (χ3n) is 3.29. The third kappa shape index (κ3) is 3.66. The first kappa shape index (κ1) is 16.5. The van der Waals surface area contributed by atoms with Crippen LogP contribution in [0.25, 0.3) is 0 Å². The second-order valence-electron chi connectivity index (χ2n) is 4.98. The molecule has 0 radical (unpaired) electrons. The fourth-order valence-corrected chi connectivity index (χ4v) is 2.13. The predicted octanol–water partition coefficient (Wildman–Crippen LogP) is 2.84. The Labute approximate surface area is 133 Å². The maximum atomic E-state index is 13.7. The highest BCUT2D eigenvalue weighted by Gasteiger charge is 2.17. The van der Waals surface area contributed by atoms with E-state index in [2.05, 4.69) is 10.6 Å². The number of aromatic hydroxyl groups is 1. The predicted molar refractivity (Wildman–Crippen MR) is 85.2 cm³/mol. The van der Waals surface area contributed by atoms with Crippen molar-refractivity contribution in [3.8, 4) is 5.75 Å². The van der Waals surface area contributed by atoms with Crippen molar-refractivity contribution in [2.45, 2.75) is 13.8 Å². The van der Waals surface area contributed by atoms with Crippen LogP contribution in [-0.2, 0) is 0 Å². The van der Waals surface area contributed by atoms with Gasteiger partial charge < -0.3 is 15.7 Å². The second-order valence-corrected chi connectivity index (χ2v) is 4.98. The van der Waals surface area contributed by atoms with Crippen LogP contribution in [0.3, 0.4) is 0 Å². The number of phenols is 1. The summed E-state index contributed by atoms with van der Waals surface area (Å²) in [6.45, 7) is 4.06. The molecule has 120 valence electrons. The summed E-state index contributed by atoms with van der Waals surface area (Å²) < 4.78 is 13.7. The number of carbonyl (C=O) groups excluding carboxylic acids is 2. The van der Waals surface area contributed by atoms with Crippen LogP contribution in [0.2, 0.25) is 0 Å². The first-order valence-electron chi connectivity index (χ1n) is 7.11. The minimum atomic E-state index is -0.806. The van der Waals surface area contributed by atoms with Gasteiger partial charge in [-0.25, -0.2) is 4.39 Å². The molecule has 0 fully saturated rings. The first-order chi connectivity index (χ1) is 10.9. The van der Waals surface area contributed by atoms with Crippen LogP contribution in [0.5, 0.6) is 5.75 Å². The molecule has 5 nitrogen and oxygen atoms in total. The Morgan fingerprint density at radius 2 is 1.91 bits per heavy atom. The number of nitrogens with one attached hydrogen (secondary N) is 2. The minimum absolute atomic E-state index is 0.208. The Bertz CT molecular complexity index is 739. The normalized spacial score (nSPS) is 10.2. The minimum Gasteiger partial charge on any atom is -0.507 e. The number of carbonyl (C=O) groups is 2. The Kier molecular flexibility index (Phi) is 4.95. The van der Waals surface area contributed by atoms with Gasteiger partial charge in [0.05, 0.1) is 0 Å². The van der Waals surface area contributed by atoms with Gasteiger partial charge in [-0.3, -0.25) is 9.59 Å². The fraction of sp³-hybridized carbons (Fsp3) is 0.176. The van der Waals surface area contributed by atoms with Gasteiger partial charge in [-0.2, -0.15) is 0 Å². The molecular formula is C17H17FN2O3. The van der Waals surface area contributed by atoms with Crippen molar-refractivity contribution >= 4 is 17.5 Å². The van der Waals surface area contributed by atoms with Crippen molar-refractivity contribution in [2.24, 2.45) is 0 Å². The van der Waals surface area contributed by atoms with E-state index in [1.54, 1.807) is 25.1 Å². The molecule has 0 aliphatic rings. The molecule has 2 amide bonds. The summed E-state index contributed by atoms with van der Waals surface area (Å²) in [5.74, 6) is -2.20. The first-order valence-corrected chi connectivity index (χ1v) is 7.11. The van der Waals surface area contributed by atoms with E-state index in [9.17, 15) is 19.1 Å². The van der Waals surface area contributed by atoms with Crippen molar-refractivity contribution in [3.05, 3.63) is 58.9 Å². The molecule has 0 atom stereocenters. The monoisotopic (exact) mass is 316 g/mol. The Morgan fingerprint density at radius 1 is 1.17 bits per heavy atom. The lowest BCUT2D eigenvalue weighted by atomic mass is 10.1. The molecule has 2 aromatic rings. The van der Waals surface area contributed by atoms with Crippen LogP contribution in [0.15, 0.2) is 36.4 Å². The zero-order valence-electron chi connectivity index (χ0n) is 12.8. The quantitative estimate of drug-likeness (QED) is 0.811. The number of anilines is 1. The number of rotatable bonds is 4. The maximum absolute atomic E-state index is 13.7. The van der Waals surface area contributed by atoms with E-state index in [-0.39, 0.29) is 5.91 Å². The number of aryl methyl sites for hydroxylation is 1. The lowest BCUT2D eigenvalue weighted by Gasteiger charge is -2.11. The lowest BCUT2D eigenvalue weighted by molar-refractivity contribution is 0.0955. The number of phenolic OH excluding ortho intramolecular Hbond substituents is 1. The second kappa shape index (κ2) is 6.91. The van der Waals surface area contributed by atoms with Crippen LogP contribution in [0.4, 0.5) is 10.1 Å². The zero-order chi connectivity index (χ0) is 17.0. The molecule has 6 heteroatoms. The molecule has 0 aliphatic carbocycles. The van der Waals surface area contributed by atoms with E-state index >= 15 is 0 Å². The van der Waals surface area contributed by atoms with Crippen molar-refractivity contribution in [1.29, 1.82) is 0 Å². The van der Waals surface area contributed by atoms with Gasteiger partial charge in [-0.15, -0.1) is 0 Å². The van der Waals surface area contributed by atoms with Gasteiger partial charge in [-0.05, 0) is 49.7 Å². The Balaban J connectivity index is 2.24. The summed E-state index contributed by atoms with van der Waals surface area (Å²) in [5.41, 5.74) is 1.14. The molecule has 0 aliphatic heterocycles. The van der Waals surface area contributed by atoms with Gasteiger partial charge in [0.2, 0.25) is 0 Å². The smallest absolute Gasteiger partial charge is 0.262 e. The molecule has 0 saturated carbocycles. The highest BCUT2D eigenvalue weighted by Crippen LogP contribution is 2.23. The lowest BCUT2D eigenvalue weighted by Crippen LogP contribution is -2.23. The van der Waals surface area contributed by atoms with Gasteiger partial charge >= 0.3 is 0 Å². The van der Waals surface area contributed by atoms with Crippen LogP contribution in [-0.4, -0.2) is 23.5 Å². The molecule has 0 unspecified atom stereocenters. The topological polar surface area (TPSA) is 78.4 Å². The summed E-state index contributed by atoms with van der Waals surface area (Å²) in [6.07, 6.45) is 0. The molecule has 0 saturated heterocycles. The van der Waals surface area contributed by atoms with Crippen molar-refractivity contribution < 1.29 is 19.1 Å². The van der Waals surface area contributed by atoms with Crippen molar-refractivity contribution in [1.82, 2.24) is 5.32 Å². The van der Waals surface area contributed by atoms with E-state index in [1.165, 1.54) is 12.1 Å². The van der Waals surface area contributed by atoms with Gasteiger partial charge in [0.15, 0.2) is 0 Å². The average molecular weight is 316 g/mol. The molecule has 2 aromatic carbocycles. The van der Waals surface area contributed by atoms with E-state index < -0.39 is 23.0 Å². The Hall–Kier alpha value is -2.89. The fourth-order valence-electron chi connectivity index (χ4n) is 2.13. The highest BCUT2D eigenvalue weighted by atomic mass is 19.1. The van der Waals surface area contributed by atoms with Crippen LogP contribution in [0, 0.1) is 12.7 Å². The van der Waals surface area contributed by atoms with Gasteiger partial charge in [0.1, 0.15) is 17.1 Å². The van der Waals surface area contributed by atoms with Crippen molar-refractivity contribution in [3.63, 3.8) is 0 Å². The molecular weight excluding hydrogens is 299 g/mol. The summed E-state index contributed by atoms with van der Waals surface area (Å²) in [6, 6.07) is 8.41. The number of halogens is 1. The zero-order valence-corrected chi connectivity index (χ0v) is 12.8. The SMILES string of the molecule is CCNC(=O)c1ccc(NC(=O)c2c(O)cccc2F)c(C)c1. The van der Waals surface area contributed by atoms with Crippen LogP contribution in [0.1, 0.15) is 33.2 Å². The van der Waals surface area contributed by atoms with E-state index in [0.717, 1.165) is 6.07 Å². The molecule has 0 spiro atoms. The van der Waals surface area contributed by atoms with E-state index in [4.69, 9.17) is 0 Å².